The normalized spacial score (nSPS) is 30.8. The van der Waals surface area contributed by atoms with E-state index in [1.807, 2.05) is 0 Å². The van der Waals surface area contributed by atoms with Crippen molar-refractivity contribution in [3.05, 3.63) is 0 Å². The predicted octanol–water partition coefficient (Wildman–Crippen LogP) is 0.0463. The van der Waals surface area contributed by atoms with Gasteiger partial charge < -0.3 is 9.84 Å². The largest absolute Gasteiger partial charge is 0.395 e. The Labute approximate surface area is 115 Å². The van der Waals surface area contributed by atoms with Crippen molar-refractivity contribution in [3.8, 4) is 0 Å². The second-order valence-electron chi connectivity index (χ2n) is 5.42. The number of hydrogen-bond acceptors (Lipinski definition) is 4. The number of ether oxygens (including phenoxy) is 1. The molecule has 1 N–H and O–H groups in total. The Hall–Kier alpha value is -0.210. The molecule has 7 heteroatoms. The minimum atomic E-state index is -3.42. The monoisotopic (exact) mass is 292 g/mol. The highest BCUT2D eigenvalue weighted by Gasteiger charge is 2.39. The molecule has 2 fully saturated rings. The molecule has 19 heavy (non-hydrogen) atoms. The van der Waals surface area contributed by atoms with Crippen molar-refractivity contribution >= 4 is 10.2 Å². The van der Waals surface area contributed by atoms with Crippen molar-refractivity contribution in [2.75, 3.05) is 40.0 Å². The molecule has 2 heterocycles. The SMILES string of the molecule is COCC1CCN(S(=O)(=O)N2CCCCC2CO)C1. The highest BCUT2D eigenvalue weighted by molar-refractivity contribution is 7.86. The summed E-state index contributed by atoms with van der Waals surface area (Å²) in [4.78, 5) is 0. The zero-order valence-corrected chi connectivity index (χ0v) is 12.3. The summed E-state index contributed by atoms with van der Waals surface area (Å²) in [6, 6.07) is -0.250. The van der Waals surface area contributed by atoms with E-state index >= 15 is 0 Å². The predicted molar refractivity (Wildman–Crippen MR) is 71.9 cm³/mol. The number of aliphatic hydroxyl groups is 1. The summed E-state index contributed by atoms with van der Waals surface area (Å²) in [5.74, 6) is 0.289. The Bertz CT molecular complexity index is 387. The average molecular weight is 292 g/mol. The van der Waals surface area contributed by atoms with Gasteiger partial charge in [-0.15, -0.1) is 0 Å². The molecule has 2 rings (SSSR count). The van der Waals surface area contributed by atoms with Crippen LogP contribution in [0.5, 0.6) is 0 Å². The average Bonchev–Trinajstić information content (AvgIpc) is 2.88. The van der Waals surface area contributed by atoms with Gasteiger partial charge in [-0.2, -0.15) is 17.0 Å². The summed E-state index contributed by atoms with van der Waals surface area (Å²) in [6.07, 6.45) is 3.48. The van der Waals surface area contributed by atoms with Crippen LogP contribution in [0.1, 0.15) is 25.7 Å². The van der Waals surface area contributed by atoms with Crippen molar-refractivity contribution in [1.29, 1.82) is 0 Å². The number of hydrogen-bond donors (Lipinski definition) is 1. The summed E-state index contributed by atoms with van der Waals surface area (Å²) < 4.78 is 33.4. The molecule has 0 amide bonds. The van der Waals surface area contributed by atoms with E-state index in [1.165, 1.54) is 4.31 Å². The third-order valence-corrected chi connectivity index (χ3v) is 6.12. The van der Waals surface area contributed by atoms with Gasteiger partial charge in [-0.05, 0) is 25.2 Å². The summed E-state index contributed by atoms with van der Waals surface area (Å²) in [5, 5.41) is 9.36. The smallest absolute Gasteiger partial charge is 0.282 e. The Kier molecular flexibility index (Phi) is 5.19. The van der Waals surface area contributed by atoms with Crippen molar-refractivity contribution < 1.29 is 18.3 Å². The van der Waals surface area contributed by atoms with Gasteiger partial charge in [0.05, 0.1) is 13.2 Å². The lowest BCUT2D eigenvalue weighted by Gasteiger charge is -2.36. The van der Waals surface area contributed by atoms with Crippen LogP contribution in [0, 0.1) is 5.92 Å². The first kappa shape index (κ1) is 15.2. The van der Waals surface area contributed by atoms with E-state index in [0.717, 1.165) is 25.7 Å². The van der Waals surface area contributed by atoms with Gasteiger partial charge in [0.25, 0.3) is 10.2 Å². The highest BCUT2D eigenvalue weighted by Crippen LogP contribution is 2.26. The molecule has 0 radical (unpaired) electrons. The van der Waals surface area contributed by atoms with E-state index in [-0.39, 0.29) is 18.6 Å². The third-order valence-electron chi connectivity index (χ3n) is 4.06. The van der Waals surface area contributed by atoms with Crippen LogP contribution in [0.3, 0.4) is 0 Å². The Balaban J connectivity index is 2.05. The molecule has 112 valence electrons. The van der Waals surface area contributed by atoms with Gasteiger partial charge in [0.2, 0.25) is 0 Å². The number of methoxy groups -OCH3 is 1. The number of nitrogens with zero attached hydrogens (tertiary/aromatic N) is 2. The fourth-order valence-electron chi connectivity index (χ4n) is 2.99. The standard InChI is InChI=1S/C12H24N2O4S/c1-18-10-11-5-7-13(8-11)19(16,17)14-6-3-2-4-12(14)9-15/h11-12,15H,2-10H2,1H3. The Morgan fingerprint density at radius 1 is 1.26 bits per heavy atom. The van der Waals surface area contributed by atoms with E-state index in [4.69, 9.17) is 4.74 Å². The molecule has 0 spiro atoms. The first-order chi connectivity index (χ1) is 9.09. The van der Waals surface area contributed by atoms with Crippen LogP contribution in [0.4, 0.5) is 0 Å². The van der Waals surface area contributed by atoms with Crippen molar-refractivity contribution in [3.63, 3.8) is 0 Å². The zero-order valence-electron chi connectivity index (χ0n) is 11.5. The van der Waals surface area contributed by atoms with Crippen LogP contribution >= 0.6 is 0 Å². The summed E-state index contributed by atoms with van der Waals surface area (Å²) in [7, 11) is -1.78. The van der Waals surface area contributed by atoms with E-state index in [2.05, 4.69) is 0 Å². The van der Waals surface area contributed by atoms with Crippen molar-refractivity contribution in [2.24, 2.45) is 5.92 Å². The number of aliphatic hydroxyl groups excluding tert-OH is 1. The molecular weight excluding hydrogens is 268 g/mol. The summed E-state index contributed by atoms with van der Waals surface area (Å²) >= 11 is 0. The third kappa shape index (κ3) is 3.28. The molecule has 0 aromatic carbocycles. The maximum absolute atomic E-state index is 12.6. The fourth-order valence-corrected chi connectivity index (χ4v) is 4.93. The minimum Gasteiger partial charge on any atom is -0.395 e. The summed E-state index contributed by atoms with van der Waals surface area (Å²) in [5.41, 5.74) is 0. The summed E-state index contributed by atoms with van der Waals surface area (Å²) in [6.45, 7) is 2.14. The second-order valence-corrected chi connectivity index (χ2v) is 7.30. The quantitative estimate of drug-likeness (QED) is 0.777. The van der Waals surface area contributed by atoms with Crippen molar-refractivity contribution in [1.82, 2.24) is 8.61 Å². The van der Waals surface area contributed by atoms with Crippen LogP contribution in [-0.4, -0.2) is 68.1 Å². The topological polar surface area (TPSA) is 70.1 Å². The molecule has 0 saturated carbocycles. The van der Waals surface area contributed by atoms with E-state index in [0.29, 0.717) is 26.2 Å². The molecule has 2 atom stereocenters. The van der Waals surface area contributed by atoms with E-state index in [1.54, 1.807) is 11.4 Å². The lowest BCUT2D eigenvalue weighted by Crippen LogP contribution is -2.51. The van der Waals surface area contributed by atoms with Crippen LogP contribution < -0.4 is 0 Å². The van der Waals surface area contributed by atoms with Gasteiger partial charge >= 0.3 is 0 Å². The van der Waals surface area contributed by atoms with Crippen molar-refractivity contribution in [2.45, 2.75) is 31.7 Å². The lowest BCUT2D eigenvalue weighted by atomic mass is 10.1. The Morgan fingerprint density at radius 2 is 2.05 bits per heavy atom. The zero-order chi connectivity index (χ0) is 13.9. The first-order valence-corrected chi connectivity index (χ1v) is 8.36. The molecule has 6 nitrogen and oxygen atoms in total. The molecule has 0 aliphatic carbocycles. The molecule has 2 aliphatic heterocycles. The van der Waals surface area contributed by atoms with Crippen LogP contribution in [0.15, 0.2) is 0 Å². The van der Waals surface area contributed by atoms with Crippen LogP contribution in [0.2, 0.25) is 0 Å². The molecule has 0 aromatic rings. The highest BCUT2D eigenvalue weighted by atomic mass is 32.2. The molecule has 0 bridgehead atoms. The van der Waals surface area contributed by atoms with Gasteiger partial charge in [0.1, 0.15) is 0 Å². The molecule has 2 aliphatic rings. The van der Waals surface area contributed by atoms with Gasteiger partial charge in [-0.3, -0.25) is 0 Å². The van der Waals surface area contributed by atoms with Gasteiger partial charge in [-0.25, -0.2) is 0 Å². The van der Waals surface area contributed by atoms with Crippen LogP contribution in [0.25, 0.3) is 0 Å². The molecular formula is C12H24N2O4S. The number of rotatable bonds is 5. The second kappa shape index (κ2) is 6.49. The number of piperidine rings is 1. The van der Waals surface area contributed by atoms with Gasteiger partial charge in [0, 0.05) is 32.8 Å². The molecule has 2 saturated heterocycles. The lowest BCUT2D eigenvalue weighted by molar-refractivity contribution is 0.145. The molecule has 2 unspecified atom stereocenters. The Morgan fingerprint density at radius 3 is 2.74 bits per heavy atom. The van der Waals surface area contributed by atoms with Gasteiger partial charge in [0.15, 0.2) is 0 Å². The van der Waals surface area contributed by atoms with E-state index in [9.17, 15) is 13.5 Å². The van der Waals surface area contributed by atoms with Crippen LogP contribution in [-0.2, 0) is 14.9 Å². The fraction of sp³-hybridized carbons (Fsp3) is 1.00. The first-order valence-electron chi connectivity index (χ1n) is 6.96. The van der Waals surface area contributed by atoms with Gasteiger partial charge in [-0.1, -0.05) is 6.42 Å². The maximum Gasteiger partial charge on any atom is 0.282 e. The molecule has 0 aromatic heterocycles. The minimum absolute atomic E-state index is 0.0887. The van der Waals surface area contributed by atoms with E-state index < -0.39 is 10.2 Å². The maximum atomic E-state index is 12.6.